The van der Waals surface area contributed by atoms with Crippen LogP contribution < -0.4 is 10.6 Å². The lowest BCUT2D eigenvalue weighted by Gasteiger charge is -2.10. The van der Waals surface area contributed by atoms with Gasteiger partial charge >= 0.3 is 12.2 Å². The summed E-state index contributed by atoms with van der Waals surface area (Å²) >= 11 is 0. The predicted molar refractivity (Wildman–Crippen MR) is 65.3 cm³/mol. The van der Waals surface area contributed by atoms with Gasteiger partial charge in [0.25, 0.3) is 0 Å². The standard InChI is InChI=1S/C12H9F4N3O2/c1-6-4-10(21-19-6)18-11(20)17-7-2-3-9(13)8(5-7)12(14,15)16/h2-5H,1H3,(H2,17,18,20). The van der Waals surface area contributed by atoms with E-state index < -0.39 is 23.6 Å². The van der Waals surface area contributed by atoms with Gasteiger partial charge in [-0.3, -0.25) is 5.32 Å². The summed E-state index contributed by atoms with van der Waals surface area (Å²) in [5, 5.41) is 7.88. The second-order valence-electron chi connectivity index (χ2n) is 4.10. The van der Waals surface area contributed by atoms with Crippen LogP contribution in [-0.2, 0) is 6.18 Å². The van der Waals surface area contributed by atoms with Crippen LogP contribution in [0.3, 0.4) is 0 Å². The number of benzene rings is 1. The average molecular weight is 303 g/mol. The Bertz CT molecular complexity index is 667. The molecule has 0 atom stereocenters. The highest BCUT2D eigenvalue weighted by atomic mass is 19.4. The quantitative estimate of drug-likeness (QED) is 0.830. The maximum atomic E-state index is 13.1. The Balaban J connectivity index is 2.11. The first-order valence-corrected chi connectivity index (χ1v) is 5.64. The number of amides is 2. The average Bonchev–Trinajstić information content (AvgIpc) is 2.75. The zero-order valence-corrected chi connectivity index (χ0v) is 10.6. The van der Waals surface area contributed by atoms with Crippen LogP contribution in [0.2, 0.25) is 0 Å². The van der Waals surface area contributed by atoms with Gasteiger partial charge in [0.05, 0.1) is 11.3 Å². The molecule has 2 aromatic rings. The van der Waals surface area contributed by atoms with Crippen molar-refractivity contribution in [2.75, 3.05) is 10.6 Å². The third kappa shape index (κ3) is 3.71. The molecule has 0 radical (unpaired) electrons. The molecule has 0 unspecified atom stereocenters. The number of urea groups is 1. The van der Waals surface area contributed by atoms with Gasteiger partial charge in [-0.1, -0.05) is 5.16 Å². The Hall–Kier alpha value is -2.58. The van der Waals surface area contributed by atoms with Gasteiger partial charge < -0.3 is 9.84 Å². The molecule has 0 saturated carbocycles. The van der Waals surface area contributed by atoms with Gasteiger partial charge in [0.1, 0.15) is 5.82 Å². The van der Waals surface area contributed by atoms with E-state index in [2.05, 4.69) is 15.8 Å². The molecule has 2 N–H and O–H groups in total. The number of aromatic nitrogens is 1. The molecule has 112 valence electrons. The first-order chi connectivity index (χ1) is 9.75. The van der Waals surface area contributed by atoms with Gasteiger partial charge in [-0.2, -0.15) is 13.2 Å². The Morgan fingerprint density at radius 1 is 1.24 bits per heavy atom. The van der Waals surface area contributed by atoms with Crippen molar-refractivity contribution in [1.29, 1.82) is 0 Å². The number of anilines is 2. The van der Waals surface area contributed by atoms with Crippen molar-refractivity contribution >= 4 is 17.6 Å². The number of alkyl halides is 3. The van der Waals surface area contributed by atoms with E-state index in [0.717, 1.165) is 6.07 Å². The minimum atomic E-state index is -4.85. The first kappa shape index (κ1) is 14.8. The van der Waals surface area contributed by atoms with E-state index in [1.807, 2.05) is 0 Å². The zero-order valence-electron chi connectivity index (χ0n) is 10.6. The van der Waals surface area contributed by atoms with Crippen LogP contribution in [0, 0.1) is 12.7 Å². The minimum Gasteiger partial charge on any atom is -0.338 e. The molecule has 0 aliphatic rings. The highest BCUT2D eigenvalue weighted by molar-refractivity contribution is 5.98. The van der Waals surface area contributed by atoms with Crippen molar-refractivity contribution in [2.24, 2.45) is 0 Å². The summed E-state index contributed by atoms with van der Waals surface area (Å²) < 4.78 is 55.4. The van der Waals surface area contributed by atoms with Gasteiger partial charge in [0.15, 0.2) is 0 Å². The number of hydrogen-bond donors (Lipinski definition) is 2. The van der Waals surface area contributed by atoms with Crippen LogP contribution in [0.1, 0.15) is 11.3 Å². The summed E-state index contributed by atoms with van der Waals surface area (Å²) in [5.74, 6) is -1.39. The van der Waals surface area contributed by atoms with Crippen molar-refractivity contribution < 1.29 is 26.9 Å². The molecular formula is C12H9F4N3O2. The molecule has 1 aromatic heterocycles. The molecule has 0 bridgehead atoms. The molecule has 0 spiro atoms. The van der Waals surface area contributed by atoms with E-state index in [0.29, 0.717) is 17.8 Å². The van der Waals surface area contributed by atoms with Crippen molar-refractivity contribution in [3.05, 3.63) is 41.3 Å². The van der Waals surface area contributed by atoms with Crippen molar-refractivity contribution in [3.8, 4) is 0 Å². The van der Waals surface area contributed by atoms with Crippen LogP contribution in [0.25, 0.3) is 0 Å². The predicted octanol–water partition coefficient (Wildman–Crippen LogP) is 3.78. The first-order valence-electron chi connectivity index (χ1n) is 5.64. The third-order valence-electron chi connectivity index (χ3n) is 2.39. The fourth-order valence-corrected chi connectivity index (χ4v) is 1.52. The number of rotatable bonds is 2. The van der Waals surface area contributed by atoms with E-state index in [9.17, 15) is 22.4 Å². The van der Waals surface area contributed by atoms with Gasteiger partial charge in [-0.05, 0) is 25.1 Å². The van der Waals surface area contributed by atoms with Crippen molar-refractivity contribution in [2.45, 2.75) is 13.1 Å². The molecule has 1 aromatic carbocycles. The second-order valence-corrected chi connectivity index (χ2v) is 4.10. The number of nitrogens with zero attached hydrogens (tertiary/aromatic N) is 1. The van der Waals surface area contributed by atoms with Crippen LogP contribution in [0.15, 0.2) is 28.8 Å². The SMILES string of the molecule is Cc1cc(NC(=O)Nc2ccc(F)c(C(F)(F)F)c2)on1. The Morgan fingerprint density at radius 3 is 2.52 bits per heavy atom. The monoisotopic (exact) mass is 303 g/mol. The molecule has 0 aliphatic heterocycles. The lowest BCUT2D eigenvalue weighted by molar-refractivity contribution is -0.139. The number of aryl methyl sites for hydroxylation is 1. The van der Waals surface area contributed by atoms with Crippen LogP contribution in [-0.4, -0.2) is 11.2 Å². The van der Waals surface area contributed by atoms with E-state index in [1.165, 1.54) is 6.07 Å². The van der Waals surface area contributed by atoms with Gasteiger partial charge in [-0.15, -0.1) is 0 Å². The molecular weight excluding hydrogens is 294 g/mol. The molecule has 9 heteroatoms. The number of hydrogen-bond acceptors (Lipinski definition) is 3. The highest BCUT2D eigenvalue weighted by Gasteiger charge is 2.34. The van der Waals surface area contributed by atoms with Gasteiger partial charge in [0.2, 0.25) is 5.88 Å². The highest BCUT2D eigenvalue weighted by Crippen LogP contribution is 2.33. The summed E-state index contributed by atoms with van der Waals surface area (Å²) in [6, 6.07) is 2.71. The summed E-state index contributed by atoms with van der Waals surface area (Å²) in [4.78, 5) is 11.6. The van der Waals surface area contributed by atoms with Crippen molar-refractivity contribution in [1.82, 2.24) is 5.16 Å². The maximum Gasteiger partial charge on any atom is 0.419 e. The van der Waals surface area contributed by atoms with Crippen LogP contribution in [0.5, 0.6) is 0 Å². The smallest absolute Gasteiger partial charge is 0.338 e. The van der Waals surface area contributed by atoms with Crippen LogP contribution >= 0.6 is 0 Å². The lowest BCUT2D eigenvalue weighted by Crippen LogP contribution is -2.19. The fourth-order valence-electron chi connectivity index (χ4n) is 1.52. The Kier molecular flexibility index (Phi) is 3.83. The molecule has 0 saturated heterocycles. The van der Waals surface area contributed by atoms with Gasteiger partial charge in [-0.25, -0.2) is 9.18 Å². The van der Waals surface area contributed by atoms with E-state index in [-0.39, 0.29) is 11.6 Å². The molecule has 2 amide bonds. The summed E-state index contributed by atoms with van der Waals surface area (Å²) in [5.41, 5.74) is -1.15. The molecule has 21 heavy (non-hydrogen) atoms. The fraction of sp³-hybridized carbons (Fsp3) is 0.167. The zero-order chi connectivity index (χ0) is 15.6. The normalized spacial score (nSPS) is 11.3. The topological polar surface area (TPSA) is 67.2 Å². The largest absolute Gasteiger partial charge is 0.419 e. The number of nitrogens with one attached hydrogen (secondary N) is 2. The number of carbonyl (C=O) groups is 1. The summed E-state index contributed by atoms with van der Waals surface area (Å²) in [6.45, 7) is 1.63. The van der Waals surface area contributed by atoms with Crippen LogP contribution in [0.4, 0.5) is 33.9 Å². The van der Waals surface area contributed by atoms with Gasteiger partial charge in [0, 0.05) is 11.8 Å². The van der Waals surface area contributed by atoms with Crippen molar-refractivity contribution in [3.63, 3.8) is 0 Å². The third-order valence-corrected chi connectivity index (χ3v) is 2.39. The molecule has 1 heterocycles. The number of halogens is 4. The van der Waals surface area contributed by atoms with E-state index in [4.69, 9.17) is 4.52 Å². The molecule has 0 fully saturated rings. The minimum absolute atomic E-state index is 0.0307. The molecule has 0 aliphatic carbocycles. The number of carbonyl (C=O) groups excluding carboxylic acids is 1. The van der Waals surface area contributed by atoms with E-state index >= 15 is 0 Å². The Morgan fingerprint density at radius 2 is 1.95 bits per heavy atom. The van der Waals surface area contributed by atoms with E-state index in [1.54, 1.807) is 6.92 Å². The maximum absolute atomic E-state index is 13.1. The lowest BCUT2D eigenvalue weighted by atomic mass is 10.2. The summed E-state index contributed by atoms with van der Waals surface area (Å²) in [6.07, 6.45) is -4.85. The summed E-state index contributed by atoms with van der Waals surface area (Å²) in [7, 11) is 0. The second kappa shape index (κ2) is 5.43. The molecule has 2 rings (SSSR count). The molecule has 5 nitrogen and oxygen atoms in total. The Labute approximate surface area is 115 Å².